The standard InChI is InChI=1S/C12H12N2O3/c1-16-9-3-4-11(17-2)10(5-9)12-8(7-15)6-13-14-12/h3-7H,1-2H3,(H,13,14). The first-order chi connectivity index (χ1) is 8.30. The van der Waals surface area contributed by atoms with Crippen molar-refractivity contribution in [3.8, 4) is 22.8 Å². The molecule has 0 saturated heterocycles. The number of methoxy groups -OCH3 is 2. The fourth-order valence-electron chi connectivity index (χ4n) is 1.61. The molecule has 5 nitrogen and oxygen atoms in total. The molecule has 88 valence electrons. The van der Waals surface area contributed by atoms with Gasteiger partial charge in [0.15, 0.2) is 6.29 Å². The second-order valence-electron chi connectivity index (χ2n) is 3.38. The molecule has 2 rings (SSSR count). The summed E-state index contributed by atoms with van der Waals surface area (Å²) in [5.41, 5.74) is 1.85. The molecule has 0 aliphatic heterocycles. The highest BCUT2D eigenvalue weighted by atomic mass is 16.5. The number of aromatic nitrogens is 2. The number of nitrogens with one attached hydrogen (secondary N) is 1. The lowest BCUT2D eigenvalue weighted by Gasteiger charge is -2.09. The minimum atomic E-state index is 0.483. The van der Waals surface area contributed by atoms with Gasteiger partial charge in [-0.2, -0.15) is 5.10 Å². The van der Waals surface area contributed by atoms with Gasteiger partial charge in [0.2, 0.25) is 0 Å². The summed E-state index contributed by atoms with van der Waals surface area (Å²) in [6, 6.07) is 5.36. The van der Waals surface area contributed by atoms with Crippen LogP contribution in [-0.2, 0) is 0 Å². The number of rotatable bonds is 4. The third-order valence-corrected chi connectivity index (χ3v) is 2.47. The number of hydrogen-bond donors (Lipinski definition) is 1. The number of hydrogen-bond acceptors (Lipinski definition) is 4. The Labute approximate surface area is 98.4 Å². The van der Waals surface area contributed by atoms with E-state index in [0.29, 0.717) is 22.8 Å². The molecule has 0 amide bonds. The van der Waals surface area contributed by atoms with Gasteiger partial charge in [-0.3, -0.25) is 9.89 Å². The largest absolute Gasteiger partial charge is 0.497 e. The van der Waals surface area contributed by atoms with E-state index in [-0.39, 0.29) is 0 Å². The number of aromatic amines is 1. The van der Waals surface area contributed by atoms with E-state index in [1.807, 2.05) is 0 Å². The molecule has 0 bridgehead atoms. The van der Waals surface area contributed by atoms with Crippen molar-refractivity contribution in [2.75, 3.05) is 14.2 Å². The summed E-state index contributed by atoms with van der Waals surface area (Å²) in [6.45, 7) is 0. The van der Waals surface area contributed by atoms with E-state index in [4.69, 9.17) is 9.47 Å². The minimum Gasteiger partial charge on any atom is -0.497 e. The molecule has 0 saturated carbocycles. The van der Waals surface area contributed by atoms with Crippen molar-refractivity contribution < 1.29 is 14.3 Å². The molecule has 0 radical (unpaired) electrons. The van der Waals surface area contributed by atoms with Crippen LogP contribution in [0.1, 0.15) is 10.4 Å². The Hall–Kier alpha value is -2.30. The van der Waals surface area contributed by atoms with Crippen molar-refractivity contribution >= 4 is 6.29 Å². The van der Waals surface area contributed by atoms with Crippen molar-refractivity contribution in [2.24, 2.45) is 0 Å². The lowest BCUT2D eigenvalue weighted by Crippen LogP contribution is -1.92. The summed E-state index contributed by atoms with van der Waals surface area (Å²) >= 11 is 0. The highest BCUT2D eigenvalue weighted by molar-refractivity contribution is 5.87. The fourth-order valence-corrected chi connectivity index (χ4v) is 1.61. The van der Waals surface area contributed by atoms with Gasteiger partial charge >= 0.3 is 0 Å². The molecule has 0 aliphatic carbocycles. The molecule has 0 unspecified atom stereocenters. The van der Waals surface area contributed by atoms with E-state index >= 15 is 0 Å². The Morgan fingerprint density at radius 2 is 2.12 bits per heavy atom. The lowest BCUT2D eigenvalue weighted by atomic mass is 10.1. The smallest absolute Gasteiger partial charge is 0.153 e. The lowest BCUT2D eigenvalue weighted by molar-refractivity contribution is 0.112. The van der Waals surface area contributed by atoms with Crippen LogP contribution >= 0.6 is 0 Å². The van der Waals surface area contributed by atoms with Crippen LogP contribution in [0.5, 0.6) is 11.5 Å². The first kappa shape index (κ1) is 11.2. The molecule has 1 aromatic carbocycles. The number of aldehydes is 1. The van der Waals surface area contributed by atoms with Crippen LogP contribution in [0.2, 0.25) is 0 Å². The van der Waals surface area contributed by atoms with Crippen molar-refractivity contribution in [3.63, 3.8) is 0 Å². The third kappa shape index (κ3) is 1.99. The molecule has 1 N–H and O–H groups in total. The van der Waals surface area contributed by atoms with Crippen LogP contribution < -0.4 is 9.47 Å². The Kier molecular flexibility index (Phi) is 3.09. The summed E-state index contributed by atoms with van der Waals surface area (Å²) < 4.78 is 10.4. The first-order valence-electron chi connectivity index (χ1n) is 5.01. The van der Waals surface area contributed by atoms with Gasteiger partial charge in [0, 0.05) is 5.56 Å². The summed E-state index contributed by atoms with van der Waals surface area (Å²) in [6.07, 6.45) is 2.22. The number of H-pyrrole nitrogens is 1. The van der Waals surface area contributed by atoms with Crippen molar-refractivity contribution in [1.82, 2.24) is 10.2 Å². The zero-order chi connectivity index (χ0) is 12.3. The molecule has 0 spiro atoms. The summed E-state index contributed by atoms with van der Waals surface area (Å²) in [4.78, 5) is 10.9. The summed E-state index contributed by atoms with van der Waals surface area (Å²) in [7, 11) is 3.15. The Morgan fingerprint density at radius 3 is 2.76 bits per heavy atom. The number of nitrogens with zero attached hydrogens (tertiary/aromatic N) is 1. The normalized spacial score (nSPS) is 10.0. The molecule has 0 fully saturated rings. The SMILES string of the molecule is COc1ccc(OC)c(-c2[nH]ncc2C=O)c1. The number of benzene rings is 1. The van der Waals surface area contributed by atoms with Crippen LogP contribution in [0.4, 0.5) is 0 Å². The minimum absolute atomic E-state index is 0.483. The topological polar surface area (TPSA) is 64.2 Å². The zero-order valence-corrected chi connectivity index (χ0v) is 9.56. The van der Waals surface area contributed by atoms with Crippen molar-refractivity contribution in [3.05, 3.63) is 30.0 Å². The van der Waals surface area contributed by atoms with E-state index < -0.39 is 0 Å². The van der Waals surface area contributed by atoms with E-state index in [1.165, 1.54) is 6.20 Å². The van der Waals surface area contributed by atoms with Gasteiger partial charge in [-0.1, -0.05) is 0 Å². The molecule has 0 atom stereocenters. The molecular formula is C12H12N2O3. The predicted molar refractivity (Wildman–Crippen MR) is 62.5 cm³/mol. The van der Waals surface area contributed by atoms with Gasteiger partial charge in [-0.15, -0.1) is 0 Å². The molecule has 5 heteroatoms. The second-order valence-corrected chi connectivity index (χ2v) is 3.38. The Morgan fingerprint density at radius 1 is 1.29 bits per heavy atom. The van der Waals surface area contributed by atoms with Crippen molar-refractivity contribution in [2.45, 2.75) is 0 Å². The van der Waals surface area contributed by atoms with Gasteiger partial charge in [-0.25, -0.2) is 0 Å². The van der Waals surface area contributed by atoms with Crippen LogP contribution in [0, 0.1) is 0 Å². The Bertz CT molecular complexity index is 534. The molecule has 1 aromatic heterocycles. The van der Waals surface area contributed by atoms with E-state index in [0.717, 1.165) is 11.8 Å². The van der Waals surface area contributed by atoms with Gasteiger partial charge in [0.25, 0.3) is 0 Å². The number of carbonyl (C=O) groups is 1. The highest BCUT2D eigenvalue weighted by Crippen LogP contribution is 2.33. The third-order valence-electron chi connectivity index (χ3n) is 2.47. The fraction of sp³-hybridized carbons (Fsp3) is 0.167. The molecule has 17 heavy (non-hydrogen) atoms. The van der Waals surface area contributed by atoms with Crippen LogP contribution in [0.15, 0.2) is 24.4 Å². The first-order valence-corrected chi connectivity index (χ1v) is 5.01. The van der Waals surface area contributed by atoms with E-state index in [9.17, 15) is 4.79 Å². The van der Waals surface area contributed by atoms with E-state index in [1.54, 1.807) is 32.4 Å². The highest BCUT2D eigenvalue weighted by Gasteiger charge is 2.13. The van der Waals surface area contributed by atoms with Gasteiger partial charge in [-0.05, 0) is 18.2 Å². The quantitative estimate of drug-likeness (QED) is 0.818. The maximum Gasteiger partial charge on any atom is 0.153 e. The molecule has 0 aliphatic rings. The van der Waals surface area contributed by atoms with Crippen LogP contribution in [0.25, 0.3) is 11.3 Å². The zero-order valence-electron chi connectivity index (χ0n) is 9.56. The maximum atomic E-state index is 10.9. The molecule has 1 heterocycles. The molecule has 2 aromatic rings. The Balaban J connectivity index is 2.59. The predicted octanol–water partition coefficient (Wildman–Crippen LogP) is 1.91. The van der Waals surface area contributed by atoms with Gasteiger partial charge in [0.05, 0.1) is 31.7 Å². The maximum absolute atomic E-state index is 10.9. The molecular weight excluding hydrogens is 220 g/mol. The summed E-state index contributed by atoms with van der Waals surface area (Å²) in [5, 5.41) is 6.63. The average Bonchev–Trinajstić information content (AvgIpc) is 2.86. The monoisotopic (exact) mass is 232 g/mol. The van der Waals surface area contributed by atoms with Crippen molar-refractivity contribution in [1.29, 1.82) is 0 Å². The van der Waals surface area contributed by atoms with Crippen LogP contribution in [-0.4, -0.2) is 30.7 Å². The van der Waals surface area contributed by atoms with Crippen LogP contribution in [0.3, 0.4) is 0 Å². The second kappa shape index (κ2) is 4.69. The van der Waals surface area contributed by atoms with Gasteiger partial charge in [0.1, 0.15) is 11.5 Å². The average molecular weight is 232 g/mol. The van der Waals surface area contributed by atoms with E-state index in [2.05, 4.69) is 10.2 Å². The number of ether oxygens (including phenoxy) is 2. The van der Waals surface area contributed by atoms with Gasteiger partial charge < -0.3 is 9.47 Å². The summed E-state index contributed by atoms with van der Waals surface area (Å²) in [5.74, 6) is 1.34. The number of carbonyl (C=O) groups excluding carboxylic acids is 1.